The highest BCUT2D eigenvalue weighted by atomic mass is 19.1. The molecule has 3 aromatic rings. The number of benzene rings is 2. The summed E-state index contributed by atoms with van der Waals surface area (Å²) in [4.78, 5) is 16.4. The van der Waals surface area contributed by atoms with Gasteiger partial charge in [0, 0.05) is 37.8 Å². The zero-order chi connectivity index (χ0) is 21.8. The molecule has 0 aliphatic carbocycles. The third kappa shape index (κ3) is 4.79. The number of hydrogen-bond donors (Lipinski definition) is 0. The highest BCUT2D eigenvalue weighted by Gasteiger charge is 2.27. The van der Waals surface area contributed by atoms with E-state index in [1.54, 1.807) is 11.8 Å². The van der Waals surface area contributed by atoms with Crippen LogP contribution in [0.5, 0.6) is 5.75 Å². The Hall–Kier alpha value is -3.55. The van der Waals surface area contributed by atoms with E-state index in [1.165, 1.54) is 6.07 Å². The Labute approximate surface area is 179 Å². The van der Waals surface area contributed by atoms with Crippen molar-refractivity contribution in [1.82, 2.24) is 15.1 Å². The molecule has 8 heteroatoms. The molecule has 1 aliphatic heterocycles. The minimum atomic E-state index is -0.878. The normalized spacial score (nSPS) is 14.9. The lowest BCUT2D eigenvalue weighted by molar-refractivity contribution is -0.138. The van der Waals surface area contributed by atoms with Crippen LogP contribution in [0.4, 0.5) is 14.6 Å². The highest BCUT2D eigenvalue weighted by Crippen LogP contribution is 2.21. The van der Waals surface area contributed by atoms with Gasteiger partial charge in [-0.1, -0.05) is 30.3 Å². The fraction of sp³-hybridized carbons (Fsp3) is 0.261. The summed E-state index contributed by atoms with van der Waals surface area (Å²) in [5, 5.41) is 8.65. The first-order chi connectivity index (χ1) is 15.0. The van der Waals surface area contributed by atoms with Crippen LogP contribution in [0, 0.1) is 11.6 Å². The molecule has 160 valence electrons. The van der Waals surface area contributed by atoms with Gasteiger partial charge in [0.2, 0.25) is 0 Å². The quantitative estimate of drug-likeness (QED) is 0.627. The van der Waals surface area contributed by atoms with Crippen molar-refractivity contribution in [3.63, 3.8) is 0 Å². The number of ether oxygens (including phenoxy) is 1. The average molecular weight is 424 g/mol. The minimum Gasteiger partial charge on any atom is -0.478 e. The number of nitrogens with zero attached hydrogens (tertiary/aromatic N) is 4. The molecular formula is C23H22F2N4O2. The van der Waals surface area contributed by atoms with Crippen LogP contribution in [0.25, 0.3) is 11.3 Å². The van der Waals surface area contributed by atoms with Gasteiger partial charge in [0.15, 0.2) is 23.5 Å². The molecule has 1 saturated heterocycles. The molecule has 4 rings (SSSR count). The van der Waals surface area contributed by atoms with E-state index >= 15 is 0 Å². The Bertz CT molecular complexity index is 1040. The lowest BCUT2D eigenvalue weighted by Gasteiger charge is -2.36. The molecule has 1 amide bonds. The van der Waals surface area contributed by atoms with E-state index in [0.717, 1.165) is 29.2 Å². The molecule has 1 unspecified atom stereocenters. The van der Waals surface area contributed by atoms with Crippen LogP contribution in [0.1, 0.15) is 6.92 Å². The summed E-state index contributed by atoms with van der Waals surface area (Å²) in [6.45, 7) is 3.73. The monoisotopic (exact) mass is 424 g/mol. The fourth-order valence-corrected chi connectivity index (χ4v) is 3.48. The largest absolute Gasteiger partial charge is 0.478 e. The van der Waals surface area contributed by atoms with Gasteiger partial charge < -0.3 is 14.5 Å². The van der Waals surface area contributed by atoms with E-state index in [-0.39, 0.29) is 11.7 Å². The predicted molar refractivity (Wildman–Crippen MR) is 113 cm³/mol. The maximum Gasteiger partial charge on any atom is 0.263 e. The number of halogens is 2. The fourth-order valence-electron chi connectivity index (χ4n) is 3.48. The van der Waals surface area contributed by atoms with Gasteiger partial charge in [0.1, 0.15) is 5.82 Å². The van der Waals surface area contributed by atoms with Crippen LogP contribution in [-0.4, -0.2) is 53.3 Å². The summed E-state index contributed by atoms with van der Waals surface area (Å²) in [5.74, 6) is -1.16. The Kier molecular flexibility index (Phi) is 6.06. The van der Waals surface area contributed by atoms with Gasteiger partial charge in [0.05, 0.1) is 5.69 Å². The van der Waals surface area contributed by atoms with Crippen LogP contribution in [-0.2, 0) is 4.79 Å². The first kappa shape index (κ1) is 20.7. The van der Waals surface area contributed by atoms with Gasteiger partial charge in [-0.2, -0.15) is 0 Å². The topological polar surface area (TPSA) is 58.6 Å². The Morgan fingerprint density at radius 2 is 1.71 bits per heavy atom. The summed E-state index contributed by atoms with van der Waals surface area (Å²) in [6, 6.07) is 16.7. The second kappa shape index (κ2) is 9.07. The van der Waals surface area contributed by atoms with Gasteiger partial charge in [-0.05, 0) is 31.2 Å². The Morgan fingerprint density at radius 3 is 2.35 bits per heavy atom. The summed E-state index contributed by atoms with van der Waals surface area (Å²) < 4.78 is 32.2. The molecule has 1 aliphatic rings. The van der Waals surface area contributed by atoms with E-state index < -0.39 is 17.7 Å². The summed E-state index contributed by atoms with van der Waals surface area (Å²) in [7, 11) is 0. The minimum absolute atomic E-state index is 0.144. The number of rotatable bonds is 5. The van der Waals surface area contributed by atoms with Crippen molar-refractivity contribution in [2.24, 2.45) is 0 Å². The Balaban J connectivity index is 1.33. The number of amides is 1. The molecule has 0 radical (unpaired) electrons. The first-order valence-electron chi connectivity index (χ1n) is 10.1. The summed E-state index contributed by atoms with van der Waals surface area (Å²) in [5.41, 5.74) is 1.81. The van der Waals surface area contributed by atoms with Gasteiger partial charge in [-0.25, -0.2) is 8.78 Å². The zero-order valence-electron chi connectivity index (χ0n) is 17.0. The van der Waals surface area contributed by atoms with Gasteiger partial charge in [-0.15, -0.1) is 10.2 Å². The van der Waals surface area contributed by atoms with Gasteiger partial charge in [0.25, 0.3) is 5.91 Å². The molecular weight excluding hydrogens is 402 g/mol. The summed E-state index contributed by atoms with van der Waals surface area (Å²) in [6.07, 6.45) is -0.878. The van der Waals surface area contributed by atoms with E-state index in [4.69, 9.17) is 4.74 Å². The third-order valence-corrected chi connectivity index (χ3v) is 5.18. The first-order valence-corrected chi connectivity index (χ1v) is 10.1. The van der Waals surface area contributed by atoms with Crippen molar-refractivity contribution in [1.29, 1.82) is 0 Å². The SMILES string of the molecule is CC(Oc1ccc(F)cc1F)C(=O)N1CCN(c2ccc(-c3ccccc3)nn2)CC1. The number of carbonyl (C=O) groups is 1. The molecule has 0 saturated carbocycles. The van der Waals surface area contributed by atoms with Crippen molar-refractivity contribution in [3.05, 3.63) is 72.3 Å². The van der Waals surface area contributed by atoms with Crippen molar-refractivity contribution < 1.29 is 18.3 Å². The van der Waals surface area contributed by atoms with Gasteiger partial charge in [-0.3, -0.25) is 4.79 Å². The predicted octanol–water partition coefficient (Wildman–Crippen LogP) is 3.54. The third-order valence-electron chi connectivity index (χ3n) is 5.18. The molecule has 0 spiro atoms. The maximum absolute atomic E-state index is 13.8. The average Bonchev–Trinajstić information content (AvgIpc) is 2.81. The molecule has 1 fully saturated rings. The van der Waals surface area contributed by atoms with Crippen molar-refractivity contribution >= 4 is 11.7 Å². The number of hydrogen-bond acceptors (Lipinski definition) is 5. The summed E-state index contributed by atoms with van der Waals surface area (Å²) >= 11 is 0. The molecule has 6 nitrogen and oxygen atoms in total. The van der Waals surface area contributed by atoms with Crippen molar-refractivity contribution in [2.75, 3.05) is 31.1 Å². The number of carbonyl (C=O) groups excluding carboxylic acids is 1. The van der Waals surface area contributed by atoms with Crippen LogP contribution >= 0.6 is 0 Å². The number of anilines is 1. The van der Waals surface area contributed by atoms with Crippen LogP contribution in [0.3, 0.4) is 0 Å². The maximum atomic E-state index is 13.8. The lowest BCUT2D eigenvalue weighted by atomic mass is 10.1. The smallest absolute Gasteiger partial charge is 0.263 e. The molecule has 0 bridgehead atoms. The second-order valence-electron chi connectivity index (χ2n) is 7.29. The van der Waals surface area contributed by atoms with Crippen LogP contribution < -0.4 is 9.64 Å². The van der Waals surface area contributed by atoms with E-state index in [2.05, 4.69) is 15.1 Å². The number of aromatic nitrogens is 2. The number of piperazine rings is 1. The zero-order valence-corrected chi connectivity index (χ0v) is 17.0. The van der Waals surface area contributed by atoms with Crippen molar-refractivity contribution in [2.45, 2.75) is 13.0 Å². The van der Waals surface area contributed by atoms with E-state index in [1.807, 2.05) is 42.5 Å². The molecule has 2 aromatic carbocycles. The lowest BCUT2D eigenvalue weighted by Crippen LogP contribution is -2.52. The molecule has 31 heavy (non-hydrogen) atoms. The highest BCUT2D eigenvalue weighted by molar-refractivity contribution is 5.81. The second-order valence-corrected chi connectivity index (χ2v) is 7.29. The molecule has 1 aromatic heterocycles. The van der Waals surface area contributed by atoms with Crippen LogP contribution in [0.2, 0.25) is 0 Å². The molecule has 1 atom stereocenters. The standard InChI is InChI=1S/C23H22F2N4O2/c1-16(31-21-9-7-18(24)15-19(21)25)23(30)29-13-11-28(12-14-29)22-10-8-20(26-27-22)17-5-3-2-4-6-17/h2-10,15-16H,11-14H2,1H3. The van der Waals surface area contributed by atoms with Crippen molar-refractivity contribution in [3.8, 4) is 17.0 Å². The van der Waals surface area contributed by atoms with Crippen LogP contribution in [0.15, 0.2) is 60.7 Å². The Morgan fingerprint density at radius 1 is 0.968 bits per heavy atom. The van der Waals surface area contributed by atoms with E-state index in [0.29, 0.717) is 26.2 Å². The molecule has 2 heterocycles. The van der Waals surface area contributed by atoms with E-state index in [9.17, 15) is 13.6 Å². The van der Waals surface area contributed by atoms with Gasteiger partial charge >= 0.3 is 0 Å². The molecule has 0 N–H and O–H groups in total.